The average molecular weight is 256 g/mol. The molecule has 1 unspecified atom stereocenters. The lowest BCUT2D eigenvalue weighted by Gasteiger charge is -2.23. The number of benzene rings is 1. The van der Waals surface area contributed by atoms with Gasteiger partial charge in [0.25, 0.3) is 0 Å². The Morgan fingerprint density at radius 1 is 1.50 bits per heavy atom. The molecule has 74 valence electrons. The lowest BCUT2D eigenvalue weighted by atomic mass is 9.99. The first-order valence-electron chi connectivity index (χ1n) is 4.42. The highest BCUT2D eigenvalue weighted by Crippen LogP contribution is 2.21. The molecule has 14 heavy (non-hydrogen) atoms. The molecule has 1 aliphatic heterocycles. The van der Waals surface area contributed by atoms with Crippen LogP contribution in [0.4, 0.5) is 4.79 Å². The summed E-state index contributed by atoms with van der Waals surface area (Å²) < 4.78 is 5.97. The number of halogens is 1. The number of nitrogens with one attached hydrogen (secondary N) is 1. The van der Waals surface area contributed by atoms with Crippen LogP contribution in [0.3, 0.4) is 0 Å². The van der Waals surface area contributed by atoms with Crippen molar-refractivity contribution in [1.29, 1.82) is 0 Å². The van der Waals surface area contributed by atoms with Crippen molar-refractivity contribution in [2.75, 3.05) is 13.2 Å². The van der Waals surface area contributed by atoms with Crippen molar-refractivity contribution in [3.63, 3.8) is 0 Å². The zero-order valence-corrected chi connectivity index (χ0v) is 9.08. The molecular formula is C10H10BrNO2. The number of cyclic esters (lactones) is 1. The van der Waals surface area contributed by atoms with Gasteiger partial charge in [-0.1, -0.05) is 28.1 Å². The number of ether oxygens (including phenoxy) is 1. The summed E-state index contributed by atoms with van der Waals surface area (Å²) in [5.41, 5.74) is 1.18. The van der Waals surface area contributed by atoms with E-state index < -0.39 is 0 Å². The maximum Gasteiger partial charge on any atom is 0.407 e. The van der Waals surface area contributed by atoms with Crippen molar-refractivity contribution < 1.29 is 9.53 Å². The molecule has 0 aromatic heterocycles. The van der Waals surface area contributed by atoms with Gasteiger partial charge < -0.3 is 10.1 Å². The number of hydrogen-bond donors (Lipinski definition) is 1. The normalized spacial score (nSPS) is 21.2. The second-order valence-electron chi connectivity index (χ2n) is 3.23. The van der Waals surface area contributed by atoms with Gasteiger partial charge in [-0.15, -0.1) is 0 Å². The zero-order chi connectivity index (χ0) is 9.97. The summed E-state index contributed by atoms with van der Waals surface area (Å²) in [6.07, 6.45) is -0.323. The summed E-state index contributed by atoms with van der Waals surface area (Å²) >= 11 is 3.41. The fraction of sp³-hybridized carbons (Fsp3) is 0.300. The summed E-state index contributed by atoms with van der Waals surface area (Å²) in [6, 6.07) is 8.05. The molecule has 1 saturated heterocycles. The van der Waals surface area contributed by atoms with Crippen molar-refractivity contribution in [2.24, 2.45) is 0 Å². The monoisotopic (exact) mass is 255 g/mol. The Morgan fingerprint density at radius 3 is 3.00 bits per heavy atom. The standard InChI is InChI=1S/C10H10BrNO2/c11-9-3-1-2-7(4-9)8-5-12-10(13)14-6-8/h1-4,8H,5-6H2,(H,12,13). The van der Waals surface area contributed by atoms with E-state index in [-0.39, 0.29) is 12.0 Å². The van der Waals surface area contributed by atoms with Gasteiger partial charge in [-0.3, -0.25) is 0 Å². The predicted octanol–water partition coefficient (Wildman–Crippen LogP) is 2.27. The number of hydrogen-bond acceptors (Lipinski definition) is 2. The van der Waals surface area contributed by atoms with Crippen molar-refractivity contribution in [1.82, 2.24) is 5.32 Å². The molecule has 3 nitrogen and oxygen atoms in total. The van der Waals surface area contributed by atoms with E-state index in [1.165, 1.54) is 5.56 Å². The minimum atomic E-state index is -0.323. The van der Waals surface area contributed by atoms with Crippen LogP contribution < -0.4 is 5.32 Å². The van der Waals surface area contributed by atoms with Gasteiger partial charge in [-0.25, -0.2) is 4.79 Å². The van der Waals surface area contributed by atoms with E-state index in [0.717, 1.165) is 4.47 Å². The van der Waals surface area contributed by atoms with Crippen LogP contribution in [0.1, 0.15) is 11.5 Å². The fourth-order valence-electron chi connectivity index (χ4n) is 1.47. The first-order chi connectivity index (χ1) is 6.75. The molecule has 0 spiro atoms. The van der Waals surface area contributed by atoms with Crippen molar-refractivity contribution in [2.45, 2.75) is 5.92 Å². The van der Waals surface area contributed by atoms with Gasteiger partial charge in [0.15, 0.2) is 0 Å². The fourth-order valence-corrected chi connectivity index (χ4v) is 1.88. The van der Waals surface area contributed by atoms with Gasteiger partial charge in [-0.2, -0.15) is 0 Å². The molecule has 0 aliphatic carbocycles. The van der Waals surface area contributed by atoms with Crippen molar-refractivity contribution >= 4 is 22.0 Å². The Labute approximate surface area is 90.6 Å². The van der Waals surface area contributed by atoms with Crippen LogP contribution in [-0.2, 0) is 4.74 Å². The van der Waals surface area contributed by atoms with Crippen LogP contribution in [0.15, 0.2) is 28.7 Å². The smallest absolute Gasteiger partial charge is 0.407 e. The van der Waals surface area contributed by atoms with E-state index in [1.54, 1.807) is 0 Å². The Morgan fingerprint density at radius 2 is 2.36 bits per heavy atom. The van der Waals surface area contributed by atoms with Gasteiger partial charge >= 0.3 is 6.09 Å². The highest BCUT2D eigenvalue weighted by atomic mass is 79.9. The van der Waals surface area contributed by atoms with Crippen molar-refractivity contribution in [3.8, 4) is 0 Å². The summed E-state index contributed by atoms with van der Waals surface area (Å²) in [4.78, 5) is 10.8. The SMILES string of the molecule is O=C1NCC(c2cccc(Br)c2)CO1. The number of carbonyl (C=O) groups excluding carboxylic acids is 1. The third kappa shape index (κ3) is 2.07. The molecule has 4 heteroatoms. The predicted molar refractivity (Wildman–Crippen MR) is 56.2 cm³/mol. The Bertz CT molecular complexity index is 344. The molecule has 1 aromatic carbocycles. The van der Waals surface area contributed by atoms with Gasteiger partial charge in [-0.05, 0) is 17.7 Å². The van der Waals surface area contributed by atoms with Crippen LogP contribution >= 0.6 is 15.9 Å². The number of rotatable bonds is 1. The van der Waals surface area contributed by atoms with E-state index in [9.17, 15) is 4.79 Å². The molecule has 0 bridgehead atoms. The Balaban J connectivity index is 2.12. The lowest BCUT2D eigenvalue weighted by Crippen LogP contribution is -2.37. The lowest BCUT2D eigenvalue weighted by molar-refractivity contribution is 0.120. The van der Waals surface area contributed by atoms with E-state index in [2.05, 4.69) is 21.2 Å². The van der Waals surface area contributed by atoms with Crippen LogP contribution in [0, 0.1) is 0 Å². The molecule has 1 aromatic rings. The molecular weight excluding hydrogens is 246 g/mol. The van der Waals surface area contributed by atoms with E-state index in [1.807, 2.05) is 24.3 Å². The number of amides is 1. The maximum absolute atomic E-state index is 10.8. The topological polar surface area (TPSA) is 38.3 Å². The largest absolute Gasteiger partial charge is 0.449 e. The van der Waals surface area contributed by atoms with Crippen LogP contribution in [0.5, 0.6) is 0 Å². The van der Waals surface area contributed by atoms with Crippen molar-refractivity contribution in [3.05, 3.63) is 34.3 Å². The molecule has 1 amide bonds. The molecule has 1 N–H and O–H groups in total. The number of carbonyl (C=O) groups is 1. The molecule has 0 radical (unpaired) electrons. The van der Waals surface area contributed by atoms with Crippen LogP contribution in [0.25, 0.3) is 0 Å². The second-order valence-corrected chi connectivity index (χ2v) is 4.15. The minimum Gasteiger partial charge on any atom is -0.449 e. The Hall–Kier alpha value is -1.03. The van der Waals surface area contributed by atoms with E-state index in [0.29, 0.717) is 13.2 Å². The average Bonchev–Trinajstić information content (AvgIpc) is 2.19. The molecule has 1 heterocycles. The minimum absolute atomic E-state index is 0.255. The number of alkyl carbamates (subject to hydrolysis) is 1. The third-order valence-electron chi connectivity index (χ3n) is 2.23. The van der Waals surface area contributed by atoms with Crippen LogP contribution in [0.2, 0.25) is 0 Å². The summed E-state index contributed by atoms with van der Waals surface area (Å²) in [7, 11) is 0. The highest BCUT2D eigenvalue weighted by molar-refractivity contribution is 9.10. The Kier molecular flexibility index (Phi) is 2.72. The molecule has 1 atom stereocenters. The van der Waals surface area contributed by atoms with Gasteiger partial charge in [0.1, 0.15) is 6.61 Å². The molecule has 0 saturated carbocycles. The second kappa shape index (κ2) is 4.00. The summed E-state index contributed by atoms with van der Waals surface area (Å²) in [5.74, 6) is 0.255. The molecule has 1 fully saturated rings. The summed E-state index contributed by atoms with van der Waals surface area (Å²) in [6.45, 7) is 1.11. The highest BCUT2D eigenvalue weighted by Gasteiger charge is 2.20. The molecule has 1 aliphatic rings. The van der Waals surface area contributed by atoms with Gasteiger partial charge in [0.2, 0.25) is 0 Å². The molecule has 2 rings (SSSR count). The van der Waals surface area contributed by atoms with E-state index in [4.69, 9.17) is 4.74 Å². The maximum atomic E-state index is 10.8. The van der Waals surface area contributed by atoms with Gasteiger partial charge in [0.05, 0.1) is 0 Å². The van der Waals surface area contributed by atoms with E-state index >= 15 is 0 Å². The van der Waals surface area contributed by atoms with Crippen LogP contribution in [-0.4, -0.2) is 19.2 Å². The first-order valence-corrected chi connectivity index (χ1v) is 5.21. The zero-order valence-electron chi connectivity index (χ0n) is 7.50. The quantitative estimate of drug-likeness (QED) is 0.837. The third-order valence-corrected chi connectivity index (χ3v) is 2.72. The summed E-state index contributed by atoms with van der Waals surface area (Å²) in [5, 5.41) is 2.67. The van der Waals surface area contributed by atoms with Gasteiger partial charge in [0, 0.05) is 16.9 Å². The first kappa shape index (κ1) is 9.52.